The van der Waals surface area contributed by atoms with Crippen molar-refractivity contribution in [2.75, 3.05) is 11.9 Å². The molecule has 1 N–H and O–H groups in total. The van der Waals surface area contributed by atoms with Gasteiger partial charge in [0.1, 0.15) is 5.75 Å². The first-order valence-corrected chi connectivity index (χ1v) is 5.79. The molecule has 6 nitrogen and oxygen atoms in total. The van der Waals surface area contributed by atoms with E-state index in [0.29, 0.717) is 24.5 Å². The van der Waals surface area contributed by atoms with Crippen molar-refractivity contribution in [1.29, 1.82) is 0 Å². The molecule has 0 heterocycles. The van der Waals surface area contributed by atoms with Gasteiger partial charge in [0.05, 0.1) is 17.2 Å². The quantitative estimate of drug-likeness (QED) is 0.623. The predicted molar refractivity (Wildman–Crippen MR) is 67.8 cm³/mol. The maximum Gasteiger partial charge on any atom is 0.271 e. The van der Waals surface area contributed by atoms with Gasteiger partial charge in [-0.05, 0) is 12.5 Å². The molecule has 0 atom stereocenters. The van der Waals surface area contributed by atoms with E-state index in [9.17, 15) is 14.9 Å². The Morgan fingerprint density at radius 3 is 2.72 bits per heavy atom. The van der Waals surface area contributed by atoms with Crippen molar-refractivity contribution in [3.63, 3.8) is 0 Å². The number of non-ortho nitro benzene ring substituents is 1. The second-order valence-corrected chi connectivity index (χ2v) is 3.69. The third kappa shape index (κ3) is 3.73. The summed E-state index contributed by atoms with van der Waals surface area (Å²) < 4.78 is 5.43. The monoisotopic (exact) mass is 252 g/mol. The van der Waals surface area contributed by atoms with Gasteiger partial charge in [0.25, 0.3) is 5.69 Å². The van der Waals surface area contributed by atoms with Crippen molar-refractivity contribution in [1.82, 2.24) is 0 Å². The van der Waals surface area contributed by atoms with Crippen LogP contribution in [0.15, 0.2) is 18.2 Å². The second-order valence-electron chi connectivity index (χ2n) is 3.69. The molecule has 1 aromatic carbocycles. The molecule has 0 aliphatic heterocycles. The Hall–Kier alpha value is -2.11. The van der Waals surface area contributed by atoms with Gasteiger partial charge in [0.2, 0.25) is 5.91 Å². The van der Waals surface area contributed by atoms with Crippen molar-refractivity contribution < 1.29 is 14.5 Å². The van der Waals surface area contributed by atoms with E-state index in [2.05, 4.69) is 5.32 Å². The Kier molecular flexibility index (Phi) is 5.10. The maximum atomic E-state index is 11.4. The molecule has 0 aromatic heterocycles. The molecule has 0 radical (unpaired) electrons. The molecule has 98 valence electrons. The molecule has 0 aliphatic rings. The van der Waals surface area contributed by atoms with Crippen molar-refractivity contribution in [2.24, 2.45) is 0 Å². The molecule has 0 bridgehead atoms. The van der Waals surface area contributed by atoms with E-state index >= 15 is 0 Å². The summed E-state index contributed by atoms with van der Waals surface area (Å²) >= 11 is 0. The number of nitrogens with zero attached hydrogens (tertiary/aromatic N) is 1. The number of ether oxygens (including phenoxy) is 1. The molecule has 0 aliphatic carbocycles. The molecular formula is C12H16N2O4. The van der Waals surface area contributed by atoms with Crippen molar-refractivity contribution in [3.8, 4) is 5.75 Å². The highest BCUT2D eigenvalue weighted by Gasteiger charge is 2.13. The number of nitro groups is 1. The largest absolute Gasteiger partial charge is 0.491 e. The highest BCUT2D eigenvalue weighted by atomic mass is 16.6. The lowest BCUT2D eigenvalue weighted by Crippen LogP contribution is -2.11. The van der Waals surface area contributed by atoms with Gasteiger partial charge in [-0.15, -0.1) is 0 Å². The Bertz CT molecular complexity index is 446. The van der Waals surface area contributed by atoms with Crippen LogP contribution >= 0.6 is 0 Å². The molecular weight excluding hydrogens is 236 g/mol. The number of rotatable bonds is 6. The first-order valence-electron chi connectivity index (χ1n) is 5.79. The summed E-state index contributed by atoms with van der Waals surface area (Å²) in [5, 5.41) is 13.3. The highest BCUT2D eigenvalue weighted by molar-refractivity contribution is 5.92. The van der Waals surface area contributed by atoms with Crippen LogP contribution in [0.5, 0.6) is 5.75 Å². The van der Waals surface area contributed by atoms with Crippen molar-refractivity contribution in [2.45, 2.75) is 26.7 Å². The van der Waals surface area contributed by atoms with Gasteiger partial charge in [-0.25, -0.2) is 0 Å². The topological polar surface area (TPSA) is 81.5 Å². The lowest BCUT2D eigenvalue weighted by molar-refractivity contribution is -0.384. The Morgan fingerprint density at radius 1 is 1.44 bits per heavy atom. The first kappa shape index (κ1) is 14.0. The minimum Gasteiger partial charge on any atom is -0.491 e. The summed E-state index contributed by atoms with van der Waals surface area (Å²) in [5.74, 6) is 0.237. The number of nitro benzene ring substituents is 1. The van der Waals surface area contributed by atoms with Crippen LogP contribution in [0.3, 0.4) is 0 Å². The average Bonchev–Trinajstić information content (AvgIpc) is 2.36. The molecule has 1 aromatic rings. The predicted octanol–water partition coefficient (Wildman–Crippen LogP) is 2.73. The summed E-state index contributed by atoms with van der Waals surface area (Å²) in [6, 6.07) is 4.16. The number of carbonyl (C=O) groups is 1. The van der Waals surface area contributed by atoms with E-state index in [1.165, 1.54) is 18.2 Å². The zero-order valence-corrected chi connectivity index (χ0v) is 10.4. The number of anilines is 1. The Balaban J connectivity index is 3.01. The summed E-state index contributed by atoms with van der Waals surface area (Å²) in [7, 11) is 0. The van der Waals surface area contributed by atoms with E-state index in [-0.39, 0.29) is 11.6 Å². The number of hydrogen-bond donors (Lipinski definition) is 1. The normalized spacial score (nSPS) is 9.89. The number of hydrogen-bond acceptors (Lipinski definition) is 4. The fraction of sp³-hybridized carbons (Fsp3) is 0.417. The minimum absolute atomic E-state index is 0.0785. The number of benzene rings is 1. The second kappa shape index (κ2) is 6.58. The zero-order chi connectivity index (χ0) is 13.5. The summed E-state index contributed by atoms with van der Waals surface area (Å²) in [6.45, 7) is 4.15. The van der Waals surface area contributed by atoms with E-state index in [0.717, 1.165) is 6.42 Å². The fourth-order valence-electron chi connectivity index (χ4n) is 1.31. The Labute approximate surface area is 105 Å². The molecule has 0 spiro atoms. The van der Waals surface area contributed by atoms with Gasteiger partial charge in [-0.2, -0.15) is 0 Å². The van der Waals surface area contributed by atoms with E-state index in [1.807, 2.05) is 6.92 Å². The third-order valence-electron chi connectivity index (χ3n) is 2.23. The van der Waals surface area contributed by atoms with Crippen molar-refractivity contribution in [3.05, 3.63) is 28.3 Å². The maximum absolute atomic E-state index is 11.4. The SMILES string of the molecule is CCCOc1ccc([N+](=O)[O-])cc1NC(=O)CC. The lowest BCUT2D eigenvalue weighted by Gasteiger charge is -2.11. The Morgan fingerprint density at radius 2 is 2.17 bits per heavy atom. The summed E-state index contributed by atoms with van der Waals surface area (Å²) in [5.41, 5.74) is 0.259. The van der Waals surface area contributed by atoms with Crippen LogP contribution in [-0.4, -0.2) is 17.4 Å². The molecule has 6 heteroatoms. The van der Waals surface area contributed by atoms with Crippen LogP contribution in [0.25, 0.3) is 0 Å². The van der Waals surface area contributed by atoms with Gasteiger partial charge < -0.3 is 10.1 Å². The highest BCUT2D eigenvalue weighted by Crippen LogP contribution is 2.29. The van der Waals surface area contributed by atoms with Crippen LogP contribution in [0, 0.1) is 10.1 Å². The van der Waals surface area contributed by atoms with Gasteiger partial charge in [0.15, 0.2) is 0 Å². The number of carbonyl (C=O) groups excluding carboxylic acids is 1. The van der Waals surface area contributed by atoms with Gasteiger partial charge in [-0.3, -0.25) is 14.9 Å². The number of amides is 1. The lowest BCUT2D eigenvalue weighted by atomic mass is 10.2. The third-order valence-corrected chi connectivity index (χ3v) is 2.23. The van der Waals surface area contributed by atoms with Crippen molar-refractivity contribution >= 4 is 17.3 Å². The minimum atomic E-state index is -0.509. The molecule has 1 rings (SSSR count). The van der Waals surface area contributed by atoms with Gasteiger partial charge >= 0.3 is 0 Å². The molecule has 0 fully saturated rings. The van der Waals surface area contributed by atoms with Crippen LogP contribution in [0.4, 0.5) is 11.4 Å². The smallest absolute Gasteiger partial charge is 0.271 e. The van der Waals surface area contributed by atoms with Crippen LogP contribution in [-0.2, 0) is 4.79 Å². The molecule has 18 heavy (non-hydrogen) atoms. The standard InChI is InChI=1S/C12H16N2O4/c1-3-7-18-11-6-5-9(14(16)17)8-10(11)13-12(15)4-2/h5-6,8H,3-4,7H2,1-2H3,(H,13,15). The molecule has 0 saturated carbocycles. The first-order chi connectivity index (χ1) is 8.58. The van der Waals surface area contributed by atoms with E-state index < -0.39 is 4.92 Å². The van der Waals surface area contributed by atoms with E-state index in [1.54, 1.807) is 6.92 Å². The molecule has 0 unspecified atom stereocenters. The number of nitrogens with one attached hydrogen (secondary N) is 1. The molecule has 1 amide bonds. The van der Waals surface area contributed by atoms with E-state index in [4.69, 9.17) is 4.74 Å². The van der Waals surface area contributed by atoms with Gasteiger partial charge in [0, 0.05) is 18.6 Å². The average molecular weight is 252 g/mol. The van der Waals surface area contributed by atoms with Crippen LogP contribution in [0.1, 0.15) is 26.7 Å². The summed E-state index contributed by atoms with van der Waals surface area (Å²) in [6.07, 6.45) is 1.12. The fourth-order valence-corrected chi connectivity index (χ4v) is 1.31. The van der Waals surface area contributed by atoms with Gasteiger partial charge in [-0.1, -0.05) is 13.8 Å². The van der Waals surface area contributed by atoms with Crippen LogP contribution in [0.2, 0.25) is 0 Å². The zero-order valence-electron chi connectivity index (χ0n) is 10.4. The summed E-state index contributed by atoms with van der Waals surface area (Å²) in [4.78, 5) is 21.5. The van der Waals surface area contributed by atoms with Crippen LogP contribution < -0.4 is 10.1 Å². The molecule has 0 saturated heterocycles.